The molecule has 0 fully saturated rings. The quantitative estimate of drug-likeness (QED) is 0.850. The highest BCUT2D eigenvalue weighted by molar-refractivity contribution is 6.30. The smallest absolute Gasteiger partial charge is 0.0541 e. The minimum Gasteiger partial charge on any atom is -0.311 e. The minimum absolute atomic E-state index is 0. The molecule has 0 aliphatic carbocycles. The highest BCUT2D eigenvalue weighted by Gasteiger charge is 1.95. The third-order valence-corrected chi connectivity index (χ3v) is 2.79. The fraction of sp³-hybridized carbons (Fsp3) is 0.214. The van der Waals surface area contributed by atoms with Crippen LogP contribution in [0.1, 0.15) is 11.3 Å². The summed E-state index contributed by atoms with van der Waals surface area (Å²) < 4.78 is 0. The minimum atomic E-state index is 0. The van der Waals surface area contributed by atoms with Crippen LogP contribution >= 0.6 is 24.0 Å². The van der Waals surface area contributed by atoms with Crippen LogP contribution in [0.15, 0.2) is 48.7 Å². The predicted molar refractivity (Wildman–Crippen MR) is 78.3 cm³/mol. The topological polar surface area (TPSA) is 24.9 Å². The molecule has 1 aromatic carbocycles. The van der Waals surface area contributed by atoms with Crippen LogP contribution in [0.4, 0.5) is 0 Å². The van der Waals surface area contributed by atoms with Crippen molar-refractivity contribution in [1.82, 2.24) is 10.3 Å². The number of nitrogens with zero attached hydrogens (tertiary/aromatic N) is 1. The van der Waals surface area contributed by atoms with Gasteiger partial charge in [0, 0.05) is 17.8 Å². The van der Waals surface area contributed by atoms with Crippen LogP contribution in [0.2, 0.25) is 5.02 Å². The summed E-state index contributed by atoms with van der Waals surface area (Å²) in [7, 11) is 0. The van der Waals surface area contributed by atoms with E-state index >= 15 is 0 Å². The Balaban J connectivity index is 0.00000162. The highest BCUT2D eigenvalue weighted by Crippen LogP contribution is 2.09. The summed E-state index contributed by atoms with van der Waals surface area (Å²) in [6, 6.07) is 13.9. The first-order valence-electron chi connectivity index (χ1n) is 5.70. The van der Waals surface area contributed by atoms with E-state index in [0.717, 1.165) is 30.2 Å². The zero-order valence-electron chi connectivity index (χ0n) is 9.97. The number of aromatic nitrogens is 1. The van der Waals surface area contributed by atoms with Crippen molar-refractivity contribution in [2.45, 2.75) is 13.0 Å². The lowest BCUT2D eigenvalue weighted by molar-refractivity contribution is 0.675. The van der Waals surface area contributed by atoms with Crippen molar-refractivity contribution >= 4 is 24.0 Å². The van der Waals surface area contributed by atoms with Gasteiger partial charge in [0.25, 0.3) is 0 Å². The molecule has 0 radical (unpaired) electrons. The van der Waals surface area contributed by atoms with E-state index in [1.54, 1.807) is 0 Å². The molecule has 0 bridgehead atoms. The van der Waals surface area contributed by atoms with Gasteiger partial charge in [0.15, 0.2) is 0 Å². The molecule has 0 aliphatic rings. The summed E-state index contributed by atoms with van der Waals surface area (Å²) in [4.78, 5) is 4.25. The van der Waals surface area contributed by atoms with Crippen molar-refractivity contribution in [3.8, 4) is 0 Å². The molecular formula is C14H16Cl2N2. The van der Waals surface area contributed by atoms with Gasteiger partial charge in [0.1, 0.15) is 0 Å². The van der Waals surface area contributed by atoms with Gasteiger partial charge in [-0.15, -0.1) is 12.4 Å². The highest BCUT2D eigenvalue weighted by atomic mass is 35.5. The number of rotatable bonds is 5. The van der Waals surface area contributed by atoms with Gasteiger partial charge < -0.3 is 5.32 Å². The van der Waals surface area contributed by atoms with Gasteiger partial charge in [-0.05, 0) is 42.8 Å². The molecule has 4 heteroatoms. The summed E-state index contributed by atoms with van der Waals surface area (Å²) >= 11 is 5.83. The summed E-state index contributed by atoms with van der Waals surface area (Å²) in [5.74, 6) is 0. The molecule has 1 heterocycles. The first kappa shape index (κ1) is 15.0. The van der Waals surface area contributed by atoms with E-state index in [4.69, 9.17) is 11.6 Å². The first-order chi connectivity index (χ1) is 8.34. The van der Waals surface area contributed by atoms with E-state index in [1.807, 2.05) is 36.5 Å². The molecule has 1 N–H and O–H groups in total. The maximum Gasteiger partial charge on any atom is 0.0541 e. The van der Waals surface area contributed by atoms with Gasteiger partial charge in [0.05, 0.1) is 5.69 Å². The first-order valence-corrected chi connectivity index (χ1v) is 6.07. The van der Waals surface area contributed by atoms with Crippen molar-refractivity contribution in [3.05, 3.63) is 64.9 Å². The van der Waals surface area contributed by atoms with Gasteiger partial charge >= 0.3 is 0 Å². The number of hydrogen-bond acceptors (Lipinski definition) is 2. The number of nitrogens with one attached hydrogen (secondary N) is 1. The molecule has 1 aromatic heterocycles. The van der Waals surface area contributed by atoms with Crippen LogP contribution in [0.3, 0.4) is 0 Å². The molecule has 0 aliphatic heterocycles. The molecule has 0 atom stereocenters. The van der Waals surface area contributed by atoms with Gasteiger partial charge in [-0.3, -0.25) is 4.98 Å². The van der Waals surface area contributed by atoms with Crippen LogP contribution in [0, 0.1) is 0 Å². The standard InChI is InChI=1S/C14H15ClN2.ClH/c15-13-6-4-12(5-7-13)8-10-16-11-14-3-1-2-9-17-14;/h1-7,9,16H,8,10-11H2;1H. The maximum absolute atomic E-state index is 5.83. The molecule has 2 nitrogen and oxygen atoms in total. The zero-order valence-corrected chi connectivity index (χ0v) is 11.5. The lowest BCUT2D eigenvalue weighted by atomic mass is 10.1. The normalized spacial score (nSPS) is 9.83. The SMILES string of the molecule is Cl.Clc1ccc(CCNCc2ccccn2)cc1. The molecule has 18 heavy (non-hydrogen) atoms. The van der Waals surface area contributed by atoms with Crippen molar-refractivity contribution in [2.75, 3.05) is 6.54 Å². The lowest BCUT2D eigenvalue weighted by Crippen LogP contribution is -2.17. The molecule has 0 amide bonds. The third-order valence-electron chi connectivity index (χ3n) is 2.54. The average molecular weight is 283 g/mol. The Morgan fingerprint density at radius 3 is 2.50 bits per heavy atom. The summed E-state index contributed by atoms with van der Waals surface area (Å²) in [6.07, 6.45) is 2.82. The Hall–Kier alpha value is -1.09. The number of halogens is 2. The van der Waals surface area contributed by atoms with Crippen LogP contribution in [-0.2, 0) is 13.0 Å². The fourth-order valence-electron chi connectivity index (χ4n) is 1.60. The zero-order chi connectivity index (χ0) is 11.9. The van der Waals surface area contributed by atoms with Gasteiger partial charge in [-0.1, -0.05) is 29.8 Å². The largest absolute Gasteiger partial charge is 0.311 e. The van der Waals surface area contributed by atoms with E-state index in [-0.39, 0.29) is 12.4 Å². The molecule has 96 valence electrons. The third kappa shape index (κ3) is 5.05. The fourth-order valence-corrected chi connectivity index (χ4v) is 1.73. The Kier molecular flexibility index (Phi) is 6.73. The van der Waals surface area contributed by atoms with E-state index in [2.05, 4.69) is 22.4 Å². The molecule has 2 rings (SSSR count). The second-order valence-corrected chi connectivity index (χ2v) is 4.31. The van der Waals surface area contributed by atoms with Crippen molar-refractivity contribution in [2.24, 2.45) is 0 Å². The lowest BCUT2D eigenvalue weighted by Gasteiger charge is -2.04. The van der Waals surface area contributed by atoms with E-state index in [1.165, 1.54) is 5.56 Å². The Labute approximate surface area is 119 Å². The number of hydrogen-bond donors (Lipinski definition) is 1. The van der Waals surface area contributed by atoms with Crippen LogP contribution in [-0.4, -0.2) is 11.5 Å². The van der Waals surface area contributed by atoms with Gasteiger partial charge in [-0.2, -0.15) is 0 Å². The molecule has 0 saturated heterocycles. The molecular weight excluding hydrogens is 267 g/mol. The Bertz CT molecular complexity index is 443. The molecule has 0 saturated carbocycles. The molecule has 0 unspecified atom stereocenters. The average Bonchev–Trinajstić information content (AvgIpc) is 2.38. The predicted octanol–water partition coefficient (Wildman–Crippen LogP) is 3.49. The maximum atomic E-state index is 5.83. The monoisotopic (exact) mass is 282 g/mol. The van der Waals surface area contributed by atoms with E-state index < -0.39 is 0 Å². The van der Waals surface area contributed by atoms with E-state index in [9.17, 15) is 0 Å². The van der Waals surface area contributed by atoms with Crippen LogP contribution in [0.5, 0.6) is 0 Å². The second kappa shape index (κ2) is 8.09. The molecule has 0 spiro atoms. The Morgan fingerprint density at radius 2 is 1.83 bits per heavy atom. The van der Waals surface area contributed by atoms with Crippen molar-refractivity contribution < 1.29 is 0 Å². The van der Waals surface area contributed by atoms with Crippen LogP contribution < -0.4 is 5.32 Å². The van der Waals surface area contributed by atoms with Crippen molar-refractivity contribution in [3.63, 3.8) is 0 Å². The second-order valence-electron chi connectivity index (χ2n) is 3.87. The van der Waals surface area contributed by atoms with Crippen LogP contribution in [0.25, 0.3) is 0 Å². The Morgan fingerprint density at radius 1 is 1.06 bits per heavy atom. The summed E-state index contributed by atoms with van der Waals surface area (Å²) in [5, 5.41) is 4.16. The van der Waals surface area contributed by atoms with Gasteiger partial charge in [-0.25, -0.2) is 0 Å². The number of benzene rings is 1. The molecule has 2 aromatic rings. The summed E-state index contributed by atoms with van der Waals surface area (Å²) in [6.45, 7) is 1.76. The van der Waals surface area contributed by atoms with Gasteiger partial charge in [0.2, 0.25) is 0 Å². The van der Waals surface area contributed by atoms with E-state index in [0.29, 0.717) is 0 Å². The summed E-state index contributed by atoms with van der Waals surface area (Å²) in [5.41, 5.74) is 2.37. The van der Waals surface area contributed by atoms with Crippen molar-refractivity contribution in [1.29, 1.82) is 0 Å². The number of pyridine rings is 1.